The Labute approximate surface area is 277 Å². The third-order valence-electron chi connectivity index (χ3n) is 10.2. The molecule has 0 amide bonds. The van der Waals surface area contributed by atoms with Crippen LogP contribution in [0.5, 0.6) is 0 Å². The summed E-state index contributed by atoms with van der Waals surface area (Å²) in [6, 6.07) is 0. The van der Waals surface area contributed by atoms with Gasteiger partial charge in [0.2, 0.25) is 0 Å². The van der Waals surface area contributed by atoms with Gasteiger partial charge in [0.15, 0.2) is 18.1 Å². The van der Waals surface area contributed by atoms with Crippen molar-refractivity contribution >= 4 is 30.0 Å². The van der Waals surface area contributed by atoms with Gasteiger partial charge in [-0.3, -0.25) is 4.79 Å². The van der Waals surface area contributed by atoms with Crippen molar-refractivity contribution < 1.29 is 32.7 Å². The summed E-state index contributed by atoms with van der Waals surface area (Å²) in [6.45, 7) is 28.3. The van der Waals surface area contributed by atoms with E-state index in [1.807, 2.05) is 13.8 Å². The van der Waals surface area contributed by atoms with Crippen LogP contribution in [0.15, 0.2) is 23.8 Å². The lowest BCUT2D eigenvalue weighted by atomic mass is 9.59. The number of ether oxygens (including phenoxy) is 3. The molecule has 1 saturated heterocycles. The van der Waals surface area contributed by atoms with Gasteiger partial charge in [-0.15, -0.1) is 0 Å². The molecule has 1 unspecified atom stereocenters. The minimum Gasteiger partial charge on any atom is -0.461 e. The Bertz CT molecular complexity index is 1100. The molecule has 8 atom stereocenters. The average Bonchev–Trinajstić information content (AvgIpc) is 2.88. The van der Waals surface area contributed by atoms with Gasteiger partial charge >= 0.3 is 11.9 Å². The number of esters is 2. The predicted octanol–water partition coefficient (Wildman–Crippen LogP) is 7.25. The van der Waals surface area contributed by atoms with E-state index in [2.05, 4.69) is 92.9 Å². The Hall–Kier alpha value is -1.27. The fourth-order valence-electron chi connectivity index (χ4n) is 7.63. The normalized spacial score (nSPS) is 32.8. The number of cyclic esters (lactones) is 1. The average molecular weight is 665 g/mol. The smallest absolute Gasteiger partial charge is 0.334 e. The van der Waals surface area contributed by atoms with Crippen LogP contribution in [0.3, 0.4) is 0 Å². The van der Waals surface area contributed by atoms with Gasteiger partial charge in [0.1, 0.15) is 18.3 Å². The molecular weight excluding hydrogens is 601 g/mol. The Balaban J connectivity index is 2.03. The minimum absolute atomic E-state index is 0.00756. The lowest BCUT2D eigenvalue weighted by molar-refractivity contribution is -0.181. The Morgan fingerprint density at radius 2 is 1.64 bits per heavy atom. The topological polar surface area (TPSA) is 80.3 Å². The van der Waals surface area contributed by atoms with E-state index >= 15 is 0 Å². The van der Waals surface area contributed by atoms with Crippen LogP contribution in [0.25, 0.3) is 0 Å². The third-order valence-corrected chi connectivity index (χ3v) is 11.9. The number of allylic oxidation sites excluding steroid dienone is 2. The van der Waals surface area contributed by atoms with Gasteiger partial charge in [0.05, 0.1) is 17.6 Å². The van der Waals surface area contributed by atoms with E-state index in [9.17, 15) is 9.59 Å². The van der Waals surface area contributed by atoms with Crippen molar-refractivity contribution in [1.29, 1.82) is 0 Å². The largest absolute Gasteiger partial charge is 0.461 e. The van der Waals surface area contributed by atoms with Crippen LogP contribution < -0.4 is 0 Å². The highest BCUT2D eigenvalue weighted by atomic mass is 28.3. The van der Waals surface area contributed by atoms with Crippen LogP contribution in [0.4, 0.5) is 0 Å². The van der Waals surface area contributed by atoms with Gasteiger partial charge in [-0.25, -0.2) is 4.79 Å². The number of hydrogen-bond acceptors (Lipinski definition) is 7. The summed E-state index contributed by atoms with van der Waals surface area (Å²) in [6.07, 6.45) is 8.76. The molecule has 45 heavy (non-hydrogen) atoms. The number of carbonyl (C=O) groups excluding carboxylic acids is 2. The molecular formula is C36H64O7Si2. The highest BCUT2D eigenvalue weighted by Crippen LogP contribution is 2.53. The summed E-state index contributed by atoms with van der Waals surface area (Å²) in [5.74, 6) is -0.171. The first-order valence-electron chi connectivity index (χ1n) is 17.3. The second-order valence-corrected chi connectivity index (χ2v) is 22.0. The molecule has 0 bridgehead atoms. The van der Waals surface area contributed by atoms with Crippen molar-refractivity contribution in [3.63, 3.8) is 0 Å². The molecule has 0 radical (unpaired) electrons. The van der Waals surface area contributed by atoms with Crippen LogP contribution in [0.1, 0.15) is 88.0 Å². The van der Waals surface area contributed by atoms with Crippen LogP contribution in [0, 0.1) is 39.9 Å². The SMILES string of the molecule is COCC(C)(C)C(=O)O[C@H]1C[C@H](C(C)(C)C)C=C2C=C[C@H](C)[C@](CC[C@@H]3C[C@H](C(C)(C)C)C(O[SiH](C)C)C(=O)O3)(O[SiH](C)C)[C@H]21. The van der Waals surface area contributed by atoms with Crippen molar-refractivity contribution in [3.8, 4) is 0 Å². The Morgan fingerprint density at radius 1 is 1.00 bits per heavy atom. The first-order chi connectivity index (χ1) is 20.6. The van der Waals surface area contributed by atoms with Crippen molar-refractivity contribution in [2.24, 2.45) is 39.9 Å². The fraction of sp³-hybridized carbons (Fsp3) is 0.833. The molecule has 258 valence electrons. The number of carbonyl (C=O) groups is 2. The molecule has 3 aliphatic rings. The van der Waals surface area contributed by atoms with Crippen LogP contribution in [-0.2, 0) is 32.7 Å². The molecule has 1 heterocycles. The number of fused-ring (bicyclic) bond motifs is 1. The molecule has 1 fully saturated rings. The summed E-state index contributed by atoms with van der Waals surface area (Å²) in [5, 5.41) is 0. The summed E-state index contributed by atoms with van der Waals surface area (Å²) in [4.78, 5) is 27.1. The van der Waals surface area contributed by atoms with Gasteiger partial charge in [-0.1, -0.05) is 66.7 Å². The molecule has 0 N–H and O–H groups in total. The van der Waals surface area contributed by atoms with E-state index in [4.69, 9.17) is 23.1 Å². The first-order valence-corrected chi connectivity index (χ1v) is 22.8. The second kappa shape index (κ2) is 14.5. The van der Waals surface area contributed by atoms with E-state index < -0.39 is 35.2 Å². The molecule has 7 nitrogen and oxygen atoms in total. The fourth-order valence-corrected chi connectivity index (χ4v) is 9.87. The maximum Gasteiger partial charge on any atom is 0.334 e. The number of hydrogen-bond donors (Lipinski definition) is 0. The third kappa shape index (κ3) is 9.01. The molecule has 0 saturated carbocycles. The number of rotatable bonds is 11. The highest BCUT2D eigenvalue weighted by Gasteiger charge is 2.55. The molecule has 0 aromatic heterocycles. The van der Waals surface area contributed by atoms with E-state index in [1.54, 1.807) is 7.11 Å². The van der Waals surface area contributed by atoms with Crippen LogP contribution in [0.2, 0.25) is 26.2 Å². The van der Waals surface area contributed by atoms with Gasteiger partial charge in [0.25, 0.3) is 0 Å². The molecule has 9 heteroatoms. The summed E-state index contributed by atoms with van der Waals surface area (Å²) < 4.78 is 31.5. The molecule has 1 aliphatic heterocycles. The lowest BCUT2D eigenvalue weighted by Gasteiger charge is -2.54. The monoisotopic (exact) mass is 664 g/mol. The molecule has 0 aromatic rings. The zero-order chi connectivity index (χ0) is 34.1. The summed E-state index contributed by atoms with van der Waals surface area (Å²) in [5.41, 5.74) is -0.244. The summed E-state index contributed by atoms with van der Waals surface area (Å²) in [7, 11) is -1.39. The molecule has 2 aliphatic carbocycles. The summed E-state index contributed by atoms with van der Waals surface area (Å²) >= 11 is 0. The van der Waals surface area contributed by atoms with E-state index in [-0.39, 0.29) is 65.3 Å². The standard InChI is InChI=1S/C36H64O7Si2/c1-23-15-16-24-19-25(33(2,3)4)20-28(41-32(38)35(8,9)22-39-10)29(24)36(23,43-45(13)14)18-17-26-21-27(34(5,6)7)30(31(37)40-26)42-44(11)12/h15-16,19,23,25-30,44-45H,17-18,20-22H2,1-14H3/t23-,25+,26+,27-,28-,29+,30?,36-/m0/s1. The maximum absolute atomic E-state index is 13.7. The minimum atomic E-state index is -1.57. The van der Waals surface area contributed by atoms with Crippen molar-refractivity contribution in [1.82, 2.24) is 0 Å². The van der Waals surface area contributed by atoms with Gasteiger partial charge in [-0.05, 0) is 88.0 Å². The van der Waals surface area contributed by atoms with Crippen LogP contribution in [-0.4, -0.2) is 67.6 Å². The zero-order valence-corrected chi connectivity index (χ0v) is 33.1. The van der Waals surface area contributed by atoms with Gasteiger partial charge in [0, 0.05) is 24.9 Å². The van der Waals surface area contributed by atoms with E-state index in [0.717, 1.165) is 12.8 Å². The van der Waals surface area contributed by atoms with Crippen molar-refractivity contribution in [2.45, 2.75) is 138 Å². The van der Waals surface area contributed by atoms with Crippen molar-refractivity contribution in [3.05, 3.63) is 23.8 Å². The molecule has 3 rings (SSSR count). The lowest BCUT2D eigenvalue weighted by Crippen LogP contribution is -2.58. The van der Waals surface area contributed by atoms with Gasteiger partial charge in [-0.2, -0.15) is 0 Å². The quantitative estimate of drug-likeness (QED) is 0.170. The highest BCUT2D eigenvalue weighted by molar-refractivity contribution is 6.48. The first kappa shape index (κ1) is 38.2. The molecule has 0 spiro atoms. The second-order valence-electron chi connectivity index (χ2n) is 17.3. The van der Waals surface area contributed by atoms with Crippen LogP contribution >= 0.6 is 0 Å². The molecule has 0 aromatic carbocycles. The predicted molar refractivity (Wildman–Crippen MR) is 186 cm³/mol. The van der Waals surface area contributed by atoms with Crippen molar-refractivity contribution in [2.75, 3.05) is 13.7 Å². The zero-order valence-electron chi connectivity index (χ0n) is 30.8. The maximum atomic E-state index is 13.7. The van der Waals surface area contributed by atoms with E-state index in [1.165, 1.54) is 5.57 Å². The van der Waals surface area contributed by atoms with E-state index in [0.29, 0.717) is 12.8 Å². The Morgan fingerprint density at radius 3 is 2.18 bits per heavy atom. The van der Waals surface area contributed by atoms with Gasteiger partial charge < -0.3 is 23.1 Å². The Kier molecular flexibility index (Phi) is 12.3. The number of methoxy groups -OCH3 is 1.